The Morgan fingerprint density at radius 1 is 1.90 bits per heavy atom. The molecule has 0 saturated heterocycles. The van der Waals surface area contributed by atoms with Crippen molar-refractivity contribution in [2.24, 2.45) is 0 Å². The number of carboxylic acid groups (broad SMARTS) is 1. The fourth-order valence-corrected chi connectivity index (χ4v) is 0.751. The number of aromatic nitrogens is 2. The number of rotatable bonds is 1. The van der Waals surface area contributed by atoms with Crippen molar-refractivity contribution in [2.45, 2.75) is 0 Å². The van der Waals surface area contributed by atoms with Crippen molar-refractivity contribution in [3.63, 3.8) is 0 Å². The van der Waals surface area contributed by atoms with Crippen LogP contribution in [0.15, 0.2) is 16.9 Å². The van der Waals surface area contributed by atoms with Gasteiger partial charge in [-0.15, -0.1) is 5.10 Å². The lowest BCUT2D eigenvalue weighted by Gasteiger charge is -1.95. The Labute approximate surface area is 64.7 Å². The highest BCUT2D eigenvalue weighted by atomic mass is 79.9. The molecule has 5 nitrogen and oxygen atoms in total. The van der Waals surface area contributed by atoms with E-state index in [-0.39, 0.29) is 0 Å². The highest BCUT2D eigenvalue weighted by molar-refractivity contribution is 9.10. The van der Waals surface area contributed by atoms with Gasteiger partial charge in [0.15, 0.2) is 0 Å². The first-order valence-corrected chi connectivity index (χ1v) is 3.19. The van der Waals surface area contributed by atoms with Crippen LogP contribution >= 0.6 is 15.9 Å². The van der Waals surface area contributed by atoms with Crippen LogP contribution in [0.2, 0.25) is 0 Å². The lowest BCUT2D eigenvalue weighted by molar-refractivity contribution is 0.205. The van der Waals surface area contributed by atoms with E-state index in [1.165, 1.54) is 6.20 Å². The Bertz CT molecular complexity index is 246. The predicted octanol–water partition coefficient (Wildman–Crippen LogP) is 0.867. The van der Waals surface area contributed by atoms with E-state index >= 15 is 0 Å². The van der Waals surface area contributed by atoms with Crippen molar-refractivity contribution in [3.05, 3.63) is 16.9 Å². The molecule has 1 rings (SSSR count). The second-order valence-electron chi connectivity index (χ2n) is 1.50. The molecule has 1 heterocycles. The SMILES string of the molecule is O=C(O)Nn1ccc(Br)n1. The summed E-state index contributed by atoms with van der Waals surface area (Å²) in [5.41, 5.74) is 2.02. The van der Waals surface area contributed by atoms with Gasteiger partial charge in [0, 0.05) is 0 Å². The number of halogens is 1. The minimum absolute atomic E-state index is 0.584. The van der Waals surface area contributed by atoms with Gasteiger partial charge < -0.3 is 5.11 Å². The molecule has 0 aliphatic rings. The fraction of sp³-hybridized carbons (Fsp3) is 0. The zero-order valence-electron chi connectivity index (χ0n) is 4.78. The van der Waals surface area contributed by atoms with E-state index in [0.29, 0.717) is 4.60 Å². The molecule has 0 aliphatic heterocycles. The van der Waals surface area contributed by atoms with E-state index in [1.807, 2.05) is 5.43 Å². The van der Waals surface area contributed by atoms with Gasteiger partial charge >= 0.3 is 6.09 Å². The largest absolute Gasteiger partial charge is 0.464 e. The third kappa shape index (κ3) is 1.73. The van der Waals surface area contributed by atoms with Crippen molar-refractivity contribution in [1.29, 1.82) is 0 Å². The monoisotopic (exact) mass is 205 g/mol. The lowest BCUT2D eigenvalue weighted by atomic mass is 10.8. The summed E-state index contributed by atoms with van der Waals surface area (Å²) in [6.45, 7) is 0. The van der Waals surface area contributed by atoms with Gasteiger partial charge in [-0.2, -0.15) is 4.79 Å². The van der Waals surface area contributed by atoms with E-state index < -0.39 is 6.09 Å². The number of nitrogens with one attached hydrogen (secondary N) is 1. The van der Waals surface area contributed by atoms with E-state index in [4.69, 9.17) is 5.11 Å². The molecule has 1 amide bonds. The highest BCUT2D eigenvalue weighted by Crippen LogP contribution is 2.01. The maximum Gasteiger partial charge on any atom is 0.425 e. The number of hydrogen-bond acceptors (Lipinski definition) is 2. The minimum atomic E-state index is -1.14. The lowest BCUT2D eigenvalue weighted by Crippen LogP contribution is -2.20. The normalized spacial score (nSPS) is 9.30. The average molecular weight is 206 g/mol. The summed E-state index contributed by atoms with van der Waals surface area (Å²) in [6.07, 6.45) is 0.341. The molecular weight excluding hydrogens is 202 g/mol. The molecule has 0 fully saturated rings. The summed E-state index contributed by atoms with van der Waals surface area (Å²) < 4.78 is 0.584. The molecule has 0 aromatic carbocycles. The van der Waals surface area contributed by atoms with E-state index in [1.54, 1.807) is 6.07 Å². The van der Waals surface area contributed by atoms with Crippen LogP contribution in [-0.4, -0.2) is 21.1 Å². The van der Waals surface area contributed by atoms with Gasteiger partial charge in [-0.25, -0.2) is 10.2 Å². The van der Waals surface area contributed by atoms with Gasteiger partial charge in [0.1, 0.15) is 4.60 Å². The third-order valence-corrected chi connectivity index (χ3v) is 1.19. The van der Waals surface area contributed by atoms with Crippen LogP contribution in [0.3, 0.4) is 0 Å². The Kier molecular flexibility index (Phi) is 1.91. The molecular formula is C4H4BrN3O2. The molecule has 54 valence electrons. The number of carbonyl (C=O) groups is 1. The smallest absolute Gasteiger partial charge is 0.425 e. The summed E-state index contributed by atoms with van der Waals surface area (Å²) >= 11 is 3.06. The summed E-state index contributed by atoms with van der Waals surface area (Å²) in [5, 5.41) is 11.9. The van der Waals surface area contributed by atoms with Crippen molar-refractivity contribution >= 4 is 22.0 Å². The molecule has 2 N–H and O–H groups in total. The van der Waals surface area contributed by atoms with Gasteiger partial charge in [0.2, 0.25) is 0 Å². The quantitative estimate of drug-likeness (QED) is 0.716. The van der Waals surface area contributed by atoms with Crippen molar-refractivity contribution in [2.75, 3.05) is 5.43 Å². The van der Waals surface area contributed by atoms with Crippen molar-refractivity contribution in [1.82, 2.24) is 9.89 Å². The fourth-order valence-electron chi connectivity index (χ4n) is 0.462. The average Bonchev–Trinajstić information content (AvgIpc) is 2.13. The maximum atomic E-state index is 9.99. The standard InChI is InChI=1S/C4H4BrN3O2/c5-3-1-2-8(6-3)7-4(9)10/h1-2,7H,(H,9,10). The molecule has 0 radical (unpaired) electrons. The van der Waals surface area contributed by atoms with Gasteiger partial charge in [-0.1, -0.05) is 0 Å². The Hall–Kier alpha value is -1.04. The Morgan fingerprint density at radius 3 is 3.00 bits per heavy atom. The molecule has 0 unspecified atom stereocenters. The minimum Gasteiger partial charge on any atom is -0.464 e. The van der Waals surface area contributed by atoms with Crippen LogP contribution in [0.1, 0.15) is 0 Å². The molecule has 10 heavy (non-hydrogen) atoms. The zero-order valence-corrected chi connectivity index (χ0v) is 6.37. The van der Waals surface area contributed by atoms with Crippen LogP contribution in [0.25, 0.3) is 0 Å². The van der Waals surface area contributed by atoms with Crippen LogP contribution in [0.4, 0.5) is 4.79 Å². The number of amides is 1. The molecule has 0 spiro atoms. The first kappa shape index (κ1) is 7.07. The number of hydrogen-bond donors (Lipinski definition) is 2. The number of nitrogens with zero attached hydrogens (tertiary/aromatic N) is 2. The van der Waals surface area contributed by atoms with E-state index in [0.717, 1.165) is 4.79 Å². The van der Waals surface area contributed by atoms with Gasteiger partial charge in [0.25, 0.3) is 0 Å². The Morgan fingerprint density at radius 2 is 2.60 bits per heavy atom. The summed E-state index contributed by atoms with van der Waals surface area (Å²) in [5.74, 6) is 0. The summed E-state index contributed by atoms with van der Waals surface area (Å²) in [4.78, 5) is 11.1. The van der Waals surface area contributed by atoms with Crippen LogP contribution in [-0.2, 0) is 0 Å². The Balaban J connectivity index is 2.67. The summed E-state index contributed by atoms with van der Waals surface area (Å²) in [7, 11) is 0. The van der Waals surface area contributed by atoms with E-state index in [2.05, 4.69) is 21.0 Å². The van der Waals surface area contributed by atoms with Gasteiger partial charge in [0.05, 0.1) is 6.20 Å². The first-order valence-electron chi connectivity index (χ1n) is 2.39. The zero-order chi connectivity index (χ0) is 7.56. The van der Waals surface area contributed by atoms with Crippen molar-refractivity contribution < 1.29 is 9.90 Å². The molecule has 0 saturated carbocycles. The molecule has 1 aromatic heterocycles. The predicted molar refractivity (Wildman–Crippen MR) is 37.3 cm³/mol. The van der Waals surface area contributed by atoms with Gasteiger partial charge in [-0.05, 0) is 22.0 Å². The topological polar surface area (TPSA) is 67.2 Å². The highest BCUT2D eigenvalue weighted by Gasteiger charge is 1.96. The molecule has 6 heteroatoms. The molecule has 0 bridgehead atoms. The van der Waals surface area contributed by atoms with Crippen molar-refractivity contribution in [3.8, 4) is 0 Å². The summed E-state index contributed by atoms with van der Waals surface area (Å²) in [6, 6.07) is 1.62. The van der Waals surface area contributed by atoms with Crippen LogP contribution in [0.5, 0.6) is 0 Å². The second-order valence-corrected chi connectivity index (χ2v) is 2.31. The molecule has 0 aliphatic carbocycles. The first-order chi connectivity index (χ1) is 4.68. The maximum absolute atomic E-state index is 9.99. The molecule has 1 aromatic rings. The second kappa shape index (κ2) is 2.70. The van der Waals surface area contributed by atoms with Crippen LogP contribution in [0, 0.1) is 0 Å². The van der Waals surface area contributed by atoms with Crippen LogP contribution < -0.4 is 5.43 Å². The van der Waals surface area contributed by atoms with Gasteiger partial charge in [-0.3, -0.25) is 0 Å². The third-order valence-electron chi connectivity index (χ3n) is 0.767. The molecule has 0 atom stereocenters. The van der Waals surface area contributed by atoms with E-state index in [9.17, 15) is 4.79 Å².